The van der Waals surface area contributed by atoms with Gasteiger partial charge in [-0.15, -0.1) is 16.5 Å². The second-order valence-electron chi connectivity index (χ2n) is 0.835. The van der Waals surface area contributed by atoms with Crippen molar-refractivity contribution in [3.63, 3.8) is 0 Å². The average molecular weight is 154 g/mol. The molecule has 3 N–H and O–H groups in total. The van der Waals surface area contributed by atoms with E-state index in [1.807, 2.05) is 12.2 Å². The van der Waals surface area contributed by atoms with Gasteiger partial charge in [-0.25, -0.2) is 4.79 Å². The largest absolute Gasteiger partial charge is 0.350 e. The van der Waals surface area contributed by atoms with Gasteiger partial charge in [0.2, 0.25) is 0 Å². The van der Waals surface area contributed by atoms with Crippen LogP contribution in [0.15, 0.2) is 5.29 Å². The summed E-state index contributed by atoms with van der Waals surface area (Å²) in [5, 5.41) is 1.96. The molecule has 0 aromatic carbocycles. The molecule has 0 aliphatic heterocycles. The molecule has 5 nitrogen and oxygen atoms in total. The molecule has 0 aliphatic rings. The van der Waals surface area contributed by atoms with Gasteiger partial charge in [-0.2, -0.15) is 5.43 Å². The molecule has 54 valence electrons. The van der Waals surface area contributed by atoms with E-state index in [9.17, 15) is 4.79 Å². The molecule has 0 radical (unpaired) electrons. The molecule has 0 rings (SSSR count). The van der Waals surface area contributed by atoms with Gasteiger partial charge in [0.15, 0.2) is 0 Å². The highest BCUT2D eigenvalue weighted by Crippen LogP contribution is 1.59. The predicted molar refractivity (Wildman–Crippen MR) is 34.9 cm³/mol. The fraction of sp³-hybridized carbons (Fsp3) is 0.667. The number of nitrogens with one attached hydrogen (secondary N) is 1. The maximum absolute atomic E-state index is 9.42. The van der Waals surface area contributed by atoms with E-state index < -0.39 is 6.03 Å². The van der Waals surface area contributed by atoms with Crippen molar-refractivity contribution in [3.05, 3.63) is 4.91 Å². The Morgan fingerprint density at radius 3 is 2.22 bits per heavy atom. The highest BCUT2D eigenvalue weighted by molar-refractivity contribution is 6.17. The monoisotopic (exact) mass is 153 g/mol. The second-order valence-corrected chi connectivity index (χ2v) is 1.37. The number of halogens is 1. The number of nitroso groups, excluding NO2 is 1. The molecular formula is C3H8ClN3O2. The summed E-state index contributed by atoms with van der Waals surface area (Å²) in [5.41, 5.74) is 5.78. The van der Waals surface area contributed by atoms with E-state index in [-0.39, 0.29) is 0 Å². The van der Waals surface area contributed by atoms with E-state index in [1.165, 1.54) is 5.43 Å². The van der Waals surface area contributed by atoms with Gasteiger partial charge >= 0.3 is 6.03 Å². The molecule has 0 aromatic heterocycles. The number of hydrogen-bond acceptors (Lipinski definition) is 3. The summed E-state index contributed by atoms with van der Waals surface area (Å²) in [4.78, 5) is 18.4. The van der Waals surface area contributed by atoms with Crippen molar-refractivity contribution in [2.75, 3.05) is 5.88 Å². The Kier molecular flexibility index (Phi) is 12.5. The van der Waals surface area contributed by atoms with Crippen LogP contribution >= 0.6 is 11.6 Å². The fourth-order valence-corrected chi connectivity index (χ4v) is 0.0450. The zero-order chi connectivity index (χ0) is 7.70. The molecule has 6 heteroatoms. The molecule has 0 saturated heterocycles. The Labute approximate surface area is 57.5 Å². The summed E-state index contributed by atoms with van der Waals surface area (Å²) in [5.74, 6) is 0.722. The maximum atomic E-state index is 9.42. The van der Waals surface area contributed by atoms with Crippen molar-refractivity contribution in [1.29, 1.82) is 0 Å². The molecule has 2 amide bonds. The third-order valence-corrected chi connectivity index (χ3v) is 0.156. The molecule has 0 spiro atoms. The van der Waals surface area contributed by atoms with Crippen LogP contribution in [-0.4, -0.2) is 11.9 Å². The Morgan fingerprint density at radius 2 is 2.22 bits per heavy atom. The van der Waals surface area contributed by atoms with Crippen molar-refractivity contribution in [2.45, 2.75) is 6.92 Å². The first kappa shape index (κ1) is 11.0. The molecule has 0 aliphatic carbocycles. The Morgan fingerprint density at radius 1 is 1.89 bits per heavy atom. The number of nitrogens with zero attached hydrogens (tertiary/aromatic N) is 1. The summed E-state index contributed by atoms with van der Waals surface area (Å²) in [7, 11) is 0. The third-order valence-electron chi connectivity index (χ3n) is 0.156. The second kappa shape index (κ2) is 10.2. The summed E-state index contributed by atoms with van der Waals surface area (Å²) in [6.07, 6.45) is 0. The number of amides is 2. The van der Waals surface area contributed by atoms with Gasteiger partial charge in [-0.3, -0.25) is 0 Å². The van der Waals surface area contributed by atoms with E-state index in [1.54, 1.807) is 0 Å². The summed E-state index contributed by atoms with van der Waals surface area (Å²) in [6, 6.07) is -0.940. The maximum Gasteiger partial charge on any atom is 0.335 e. The van der Waals surface area contributed by atoms with Crippen LogP contribution in [0.25, 0.3) is 0 Å². The Hall–Kier alpha value is -0.840. The highest BCUT2D eigenvalue weighted by Gasteiger charge is 1.80. The molecule has 0 aromatic rings. The molecule has 0 heterocycles. The van der Waals surface area contributed by atoms with Gasteiger partial charge in [-0.1, -0.05) is 6.92 Å². The molecular weight excluding hydrogens is 146 g/mol. The Bertz CT molecular complexity index is 87.1. The van der Waals surface area contributed by atoms with Crippen molar-refractivity contribution in [1.82, 2.24) is 5.43 Å². The minimum absolute atomic E-state index is 0.722. The third kappa shape index (κ3) is 40.9. The lowest BCUT2D eigenvalue weighted by Gasteiger charge is -1.77. The molecule has 9 heavy (non-hydrogen) atoms. The Balaban J connectivity index is 0. The summed E-state index contributed by atoms with van der Waals surface area (Å²) < 4.78 is 0. The molecule has 0 fully saturated rings. The van der Waals surface area contributed by atoms with Gasteiger partial charge in [0, 0.05) is 5.88 Å². The van der Waals surface area contributed by atoms with Crippen LogP contribution in [0.1, 0.15) is 6.92 Å². The summed E-state index contributed by atoms with van der Waals surface area (Å²) >= 11 is 5.00. The average Bonchev–Trinajstić information content (AvgIpc) is 1.67. The van der Waals surface area contributed by atoms with Gasteiger partial charge in [0.05, 0.1) is 5.29 Å². The van der Waals surface area contributed by atoms with Crippen LogP contribution in [0.4, 0.5) is 4.79 Å². The lowest BCUT2D eigenvalue weighted by Crippen LogP contribution is -2.23. The quantitative estimate of drug-likeness (QED) is 0.328. The number of carbonyl (C=O) groups is 1. The SMILES string of the molecule is CCCl.NC(=O)NN=O. The first-order valence-electron chi connectivity index (χ1n) is 2.12. The van der Waals surface area contributed by atoms with Gasteiger partial charge in [0.25, 0.3) is 0 Å². The topological polar surface area (TPSA) is 84.6 Å². The van der Waals surface area contributed by atoms with E-state index in [4.69, 9.17) is 16.5 Å². The van der Waals surface area contributed by atoms with Crippen LogP contribution in [0.5, 0.6) is 0 Å². The predicted octanol–water partition coefficient (Wildman–Crippen LogP) is 0.581. The number of hydrogen-bond donors (Lipinski definition) is 2. The highest BCUT2D eigenvalue weighted by atomic mass is 35.5. The number of carbonyl (C=O) groups excluding carboxylic acids is 1. The molecule has 0 unspecified atom stereocenters. The van der Waals surface area contributed by atoms with Crippen LogP contribution in [0, 0.1) is 4.91 Å². The number of rotatable bonds is 1. The van der Waals surface area contributed by atoms with E-state index >= 15 is 0 Å². The zero-order valence-electron chi connectivity index (χ0n) is 4.93. The van der Waals surface area contributed by atoms with Crippen molar-refractivity contribution >= 4 is 17.6 Å². The summed E-state index contributed by atoms with van der Waals surface area (Å²) in [6.45, 7) is 1.89. The number of primary amides is 1. The van der Waals surface area contributed by atoms with Crippen molar-refractivity contribution < 1.29 is 4.79 Å². The zero-order valence-corrected chi connectivity index (χ0v) is 5.68. The lowest BCUT2D eigenvalue weighted by molar-refractivity contribution is 0.249. The van der Waals surface area contributed by atoms with Crippen molar-refractivity contribution in [3.8, 4) is 0 Å². The van der Waals surface area contributed by atoms with Crippen LogP contribution in [-0.2, 0) is 0 Å². The standard InChI is InChI=1S/C2H5Cl.CH3N3O2/c1-2-3;2-1(5)3-4-6/h2H2,1H3;(H3,2,3,5,6). The normalized spacial score (nSPS) is 6.44. The van der Waals surface area contributed by atoms with Gasteiger partial charge < -0.3 is 5.73 Å². The van der Waals surface area contributed by atoms with Crippen LogP contribution < -0.4 is 11.2 Å². The lowest BCUT2D eigenvalue weighted by atomic mass is 11.0. The van der Waals surface area contributed by atoms with Gasteiger partial charge in [0.1, 0.15) is 0 Å². The first-order chi connectivity index (χ1) is 4.18. The molecule has 0 bridgehead atoms. The van der Waals surface area contributed by atoms with Gasteiger partial charge in [-0.05, 0) is 0 Å². The number of urea groups is 1. The fourth-order valence-electron chi connectivity index (χ4n) is 0.0450. The van der Waals surface area contributed by atoms with E-state index in [2.05, 4.69) is 5.73 Å². The van der Waals surface area contributed by atoms with E-state index in [0.29, 0.717) is 0 Å². The molecule has 0 atom stereocenters. The molecule has 0 saturated carbocycles. The minimum atomic E-state index is -0.940. The minimum Gasteiger partial charge on any atom is -0.350 e. The van der Waals surface area contributed by atoms with Crippen LogP contribution in [0.3, 0.4) is 0 Å². The van der Waals surface area contributed by atoms with E-state index in [0.717, 1.165) is 5.88 Å². The van der Waals surface area contributed by atoms with Crippen LogP contribution in [0.2, 0.25) is 0 Å². The smallest absolute Gasteiger partial charge is 0.335 e. The number of nitrogens with two attached hydrogens (primary N) is 1. The number of alkyl halides is 1. The first-order valence-corrected chi connectivity index (χ1v) is 2.66. The van der Waals surface area contributed by atoms with Crippen molar-refractivity contribution in [2.24, 2.45) is 11.0 Å².